The molecule has 1 atom stereocenters. The van der Waals surface area contributed by atoms with Gasteiger partial charge in [-0.25, -0.2) is 8.42 Å². The topological polar surface area (TPSA) is 86.8 Å². The van der Waals surface area contributed by atoms with E-state index in [9.17, 15) is 31.2 Å². The predicted octanol–water partition coefficient (Wildman–Crippen LogP) is 5.85. The molecule has 1 N–H and O–H groups in total. The minimum absolute atomic E-state index is 0.000422. The van der Waals surface area contributed by atoms with Gasteiger partial charge in [0.15, 0.2) is 0 Å². The van der Waals surface area contributed by atoms with Crippen LogP contribution in [0.15, 0.2) is 77.7 Å². The average molecular weight is 604 g/mol. The number of hydrogen-bond acceptors (Lipinski definition) is 4. The summed E-state index contributed by atoms with van der Waals surface area (Å²) in [5.74, 6) is -1.13. The van der Waals surface area contributed by atoms with Gasteiger partial charge in [0.1, 0.15) is 12.6 Å². The maximum atomic E-state index is 14.0. The molecule has 0 bridgehead atoms. The molecule has 0 aliphatic rings. The van der Waals surface area contributed by atoms with E-state index in [-0.39, 0.29) is 23.5 Å². The van der Waals surface area contributed by atoms with Gasteiger partial charge in [0, 0.05) is 13.1 Å². The Labute approximate surface area is 245 Å². The molecule has 11 heteroatoms. The summed E-state index contributed by atoms with van der Waals surface area (Å²) < 4.78 is 69.3. The number of nitrogens with zero attached hydrogens (tertiary/aromatic N) is 2. The molecule has 3 aromatic carbocycles. The minimum atomic E-state index is -4.73. The predicted molar refractivity (Wildman–Crippen MR) is 156 cm³/mol. The number of carbonyl (C=O) groups excluding carboxylic acids is 2. The molecule has 0 aliphatic carbocycles. The van der Waals surface area contributed by atoms with Crippen molar-refractivity contribution in [3.63, 3.8) is 0 Å². The number of rotatable bonds is 12. The Hall–Kier alpha value is -3.86. The third-order valence-corrected chi connectivity index (χ3v) is 8.51. The van der Waals surface area contributed by atoms with Gasteiger partial charge in [0.25, 0.3) is 10.0 Å². The fraction of sp³-hybridized carbons (Fsp3) is 0.355. The lowest BCUT2D eigenvalue weighted by Crippen LogP contribution is -2.52. The molecule has 0 aliphatic heterocycles. The molecular weight excluding hydrogens is 567 g/mol. The van der Waals surface area contributed by atoms with Crippen LogP contribution in [-0.4, -0.2) is 44.3 Å². The molecule has 0 saturated carbocycles. The van der Waals surface area contributed by atoms with E-state index in [4.69, 9.17) is 0 Å². The lowest BCUT2D eigenvalue weighted by atomic mass is 10.1. The molecule has 0 aromatic heterocycles. The monoisotopic (exact) mass is 603 g/mol. The first kappa shape index (κ1) is 32.7. The van der Waals surface area contributed by atoms with Crippen molar-refractivity contribution in [2.45, 2.75) is 64.2 Å². The first-order chi connectivity index (χ1) is 19.8. The number of sulfonamides is 1. The Morgan fingerprint density at radius 3 is 2.17 bits per heavy atom. The van der Waals surface area contributed by atoms with Gasteiger partial charge in [-0.05, 0) is 62.6 Å². The van der Waals surface area contributed by atoms with Crippen molar-refractivity contribution in [2.24, 2.45) is 0 Å². The number of nitrogens with one attached hydrogen (secondary N) is 1. The smallest absolute Gasteiger partial charge is 0.354 e. The highest BCUT2D eigenvalue weighted by atomic mass is 32.2. The van der Waals surface area contributed by atoms with Crippen LogP contribution in [0.5, 0.6) is 0 Å². The standard InChI is InChI=1S/C31H36F3N3O4S/c1-5-17-35-30(39)28(6-2)36(20-24-10-7-9-23(4)18-24)29(38)21-37(26-12-8-11-25(19-26)31(32,33)34)42(40,41)27-15-13-22(3)14-16-27/h7-16,18-19,28H,5-6,17,20-21H2,1-4H3,(H,35,39). The number of benzene rings is 3. The zero-order valence-corrected chi connectivity index (χ0v) is 24.9. The van der Waals surface area contributed by atoms with Gasteiger partial charge in [-0.15, -0.1) is 0 Å². The minimum Gasteiger partial charge on any atom is -0.354 e. The van der Waals surface area contributed by atoms with Gasteiger partial charge in [0.2, 0.25) is 11.8 Å². The quantitative estimate of drug-likeness (QED) is 0.281. The number of carbonyl (C=O) groups is 2. The Morgan fingerprint density at radius 2 is 1.57 bits per heavy atom. The van der Waals surface area contributed by atoms with Crippen LogP contribution in [0.2, 0.25) is 0 Å². The summed E-state index contributed by atoms with van der Waals surface area (Å²) in [7, 11) is -4.49. The Balaban J connectivity index is 2.11. The van der Waals surface area contributed by atoms with E-state index in [0.29, 0.717) is 23.3 Å². The molecule has 0 heterocycles. The second kappa shape index (κ2) is 13.9. The van der Waals surface area contributed by atoms with Crippen LogP contribution in [0.3, 0.4) is 0 Å². The molecule has 42 heavy (non-hydrogen) atoms. The highest BCUT2D eigenvalue weighted by molar-refractivity contribution is 7.92. The molecule has 0 radical (unpaired) electrons. The molecule has 0 saturated heterocycles. The second-order valence-electron chi connectivity index (χ2n) is 10.1. The van der Waals surface area contributed by atoms with Crippen molar-refractivity contribution in [1.82, 2.24) is 10.2 Å². The molecule has 226 valence electrons. The SMILES string of the molecule is CCCNC(=O)C(CC)N(Cc1cccc(C)c1)C(=O)CN(c1cccc(C(F)(F)F)c1)S(=O)(=O)c1ccc(C)cc1. The highest BCUT2D eigenvalue weighted by Gasteiger charge is 2.36. The number of halogens is 3. The van der Waals surface area contributed by atoms with Gasteiger partial charge >= 0.3 is 6.18 Å². The van der Waals surface area contributed by atoms with Crippen molar-refractivity contribution >= 4 is 27.5 Å². The molecule has 1 unspecified atom stereocenters. The number of anilines is 1. The van der Waals surface area contributed by atoms with Crippen LogP contribution in [-0.2, 0) is 32.3 Å². The zero-order chi connectivity index (χ0) is 31.1. The summed E-state index contributed by atoms with van der Waals surface area (Å²) in [5.41, 5.74) is 1.05. The molecule has 2 amide bonds. The third-order valence-electron chi connectivity index (χ3n) is 6.72. The Kier molecular flexibility index (Phi) is 10.8. The maximum Gasteiger partial charge on any atom is 0.416 e. The van der Waals surface area contributed by atoms with E-state index in [1.54, 1.807) is 32.0 Å². The van der Waals surface area contributed by atoms with E-state index >= 15 is 0 Å². The molecule has 3 aromatic rings. The van der Waals surface area contributed by atoms with Crippen LogP contribution >= 0.6 is 0 Å². The second-order valence-corrected chi connectivity index (χ2v) is 12.0. The number of amides is 2. The van der Waals surface area contributed by atoms with Crippen LogP contribution < -0.4 is 9.62 Å². The molecular formula is C31H36F3N3O4S. The molecule has 3 rings (SSSR count). The van der Waals surface area contributed by atoms with Crippen molar-refractivity contribution < 1.29 is 31.2 Å². The van der Waals surface area contributed by atoms with Gasteiger partial charge in [-0.2, -0.15) is 13.2 Å². The van der Waals surface area contributed by atoms with Gasteiger partial charge in [-0.1, -0.05) is 67.4 Å². The number of hydrogen-bond donors (Lipinski definition) is 1. The zero-order valence-electron chi connectivity index (χ0n) is 24.1. The highest BCUT2D eigenvalue weighted by Crippen LogP contribution is 2.33. The van der Waals surface area contributed by atoms with Crippen molar-refractivity contribution in [3.05, 3.63) is 95.1 Å². The van der Waals surface area contributed by atoms with Gasteiger partial charge in [-0.3, -0.25) is 13.9 Å². The molecule has 0 spiro atoms. The van der Waals surface area contributed by atoms with E-state index in [1.807, 2.05) is 32.0 Å². The average Bonchev–Trinajstić information content (AvgIpc) is 2.94. The number of alkyl halides is 3. The van der Waals surface area contributed by atoms with Crippen molar-refractivity contribution in [2.75, 3.05) is 17.4 Å². The first-order valence-corrected chi connectivity index (χ1v) is 15.1. The van der Waals surface area contributed by atoms with E-state index < -0.39 is 46.2 Å². The van der Waals surface area contributed by atoms with E-state index in [2.05, 4.69) is 5.32 Å². The molecule has 7 nitrogen and oxygen atoms in total. The largest absolute Gasteiger partial charge is 0.416 e. The summed E-state index contributed by atoms with van der Waals surface area (Å²) in [4.78, 5) is 28.3. The lowest BCUT2D eigenvalue weighted by Gasteiger charge is -2.33. The van der Waals surface area contributed by atoms with Crippen molar-refractivity contribution in [1.29, 1.82) is 0 Å². The summed E-state index contributed by atoms with van der Waals surface area (Å²) in [6.07, 6.45) is -3.82. The van der Waals surface area contributed by atoms with Crippen LogP contribution in [0.4, 0.5) is 18.9 Å². The fourth-order valence-corrected chi connectivity index (χ4v) is 5.90. The Morgan fingerprint density at radius 1 is 0.905 bits per heavy atom. The van der Waals surface area contributed by atoms with Gasteiger partial charge in [0.05, 0.1) is 16.1 Å². The Bertz CT molecular complexity index is 1490. The van der Waals surface area contributed by atoms with Gasteiger partial charge < -0.3 is 10.2 Å². The van der Waals surface area contributed by atoms with Crippen LogP contribution in [0, 0.1) is 13.8 Å². The van der Waals surface area contributed by atoms with Crippen LogP contribution in [0.1, 0.15) is 48.9 Å². The molecule has 0 fully saturated rings. The normalized spacial score (nSPS) is 12.5. The first-order valence-electron chi connectivity index (χ1n) is 13.7. The van der Waals surface area contributed by atoms with Crippen molar-refractivity contribution in [3.8, 4) is 0 Å². The fourth-order valence-electron chi connectivity index (χ4n) is 4.50. The van der Waals surface area contributed by atoms with Crippen LogP contribution in [0.25, 0.3) is 0 Å². The summed E-state index contributed by atoms with van der Waals surface area (Å²) >= 11 is 0. The lowest BCUT2D eigenvalue weighted by molar-refractivity contribution is -0.140. The summed E-state index contributed by atoms with van der Waals surface area (Å²) in [6.45, 7) is 6.84. The number of aryl methyl sites for hydroxylation is 2. The summed E-state index contributed by atoms with van der Waals surface area (Å²) in [6, 6.07) is 16.0. The summed E-state index contributed by atoms with van der Waals surface area (Å²) in [5, 5.41) is 2.80. The third kappa shape index (κ3) is 8.12. The van der Waals surface area contributed by atoms with E-state index in [0.717, 1.165) is 28.8 Å². The maximum absolute atomic E-state index is 14.0. The van der Waals surface area contributed by atoms with E-state index in [1.165, 1.54) is 23.1 Å².